The highest BCUT2D eigenvalue weighted by atomic mass is 79.9. The summed E-state index contributed by atoms with van der Waals surface area (Å²) in [6.07, 6.45) is -0.796. The highest BCUT2D eigenvalue weighted by molar-refractivity contribution is 9.10. The smallest absolute Gasteiger partial charge is 0.319 e. The number of nitrogens with zero attached hydrogens (tertiary/aromatic N) is 1. The van der Waals surface area contributed by atoms with Gasteiger partial charge in [-0.25, -0.2) is 4.79 Å². The molecule has 0 fully saturated rings. The van der Waals surface area contributed by atoms with E-state index in [9.17, 15) is 9.59 Å². The van der Waals surface area contributed by atoms with Gasteiger partial charge in [-0.3, -0.25) is 4.79 Å². The van der Waals surface area contributed by atoms with Crippen LogP contribution >= 0.6 is 15.9 Å². The topological polar surface area (TPSA) is 111 Å². The summed E-state index contributed by atoms with van der Waals surface area (Å²) >= 11 is 3.25. The van der Waals surface area contributed by atoms with Crippen molar-refractivity contribution in [2.45, 2.75) is 12.5 Å². The summed E-state index contributed by atoms with van der Waals surface area (Å²) in [6, 6.07) is 6.24. The molecule has 0 aliphatic heterocycles. The average Bonchev–Trinajstić information content (AvgIpc) is 2.45. The van der Waals surface area contributed by atoms with Crippen LogP contribution in [0.2, 0.25) is 0 Å². The summed E-state index contributed by atoms with van der Waals surface area (Å²) in [6.45, 7) is 0.0720. The summed E-state index contributed by atoms with van der Waals surface area (Å²) in [5.74, 6) is -1.00. The first-order valence-corrected chi connectivity index (χ1v) is 6.74. The molecule has 0 spiro atoms. The van der Waals surface area contributed by atoms with Crippen LogP contribution < -0.4 is 10.6 Å². The molecule has 1 aromatic rings. The number of anilines is 1. The van der Waals surface area contributed by atoms with E-state index in [0.29, 0.717) is 15.7 Å². The van der Waals surface area contributed by atoms with Gasteiger partial charge in [-0.15, -0.1) is 0 Å². The number of carboxylic acid groups (broad SMARTS) is 1. The standard InChI is InChI=1S/C13H14BrN3O4/c1-21-9(5-12(18)19)7-16-13(20)17-11-3-2-8(6-15)4-10(11)14/h2-4,9H,5,7H2,1H3,(H,18,19)(H2,16,17,20). The molecule has 0 aliphatic rings. The number of methoxy groups -OCH3 is 1. The van der Waals surface area contributed by atoms with E-state index in [-0.39, 0.29) is 13.0 Å². The third kappa shape index (κ3) is 5.81. The van der Waals surface area contributed by atoms with E-state index in [1.165, 1.54) is 7.11 Å². The molecule has 1 rings (SSSR count). The number of ether oxygens (including phenoxy) is 1. The predicted octanol–water partition coefficient (Wildman–Crippen LogP) is 1.93. The number of carbonyl (C=O) groups is 2. The first-order chi connectivity index (χ1) is 9.96. The quantitative estimate of drug-likeness (QED) is 0.721. The summed E-state index contributed by atoms with van der Waals surface area (Å²) in [5.41, 5.74) is 0.965. The Kier molecular flexibility index (Phi) is 6.65. The maximum absolute atomic E-state index is 11.7. The van der Waals surface area contributed by atoms with E-state index in [0.717, 1.165) is 0 Å². The van der Waals surface area contributed by atoms with Gasteiger partial charge in [0.2, 0.25) is 0 Å². The number of halogens is 1. The van der Waals surface area contributed by atoms with Gasteiger partial charge in [0.05, 0.1) is 29.8 Å². The molecular weight excluding hydrogens is 342 g/mol. The lowest BCUT2D eigenvalue weighted by Gasteiger charge is -2.15. The van der Waals surface area contributed by atoms with Gasteiger partial charge < -0.3 is 20.5 Å². The fourth-order valence-corrected chi connectivity index (χ4v) is 1.97. The van der Waals surface area contributed by atoms with Crippen molar-refractivity contribution < 1.29 is 19.4 Å². The summed E-state index contributed by atoms with van der Waals surface area (Å²) in [4.78, 5) is 22.3. The maximum atomic E-state index is 11.7. The molecule has 0 bridgehead atoms. The van der Waals surface area contributed by atoms with Crippen molar-refractivity contribution in [1.29, 1.82) is 5.26 Å². The second-order valence-electron chi connectivity index (χ2n) is 4.10. The lowest BCUT2D eigenvalue weighted by atomic mass is 10.2. The Bertz CT molecular complexity index is 571. The van der Waals surface area contributed by atoms with Crippen LogP contribution in [0, 0.1) is 11.3 Å². The van der Waals surface area contributed by atoms with Gasteiger partial charge in [-0.05, 0) is 34.1 Å². The highest BCUT2D eigenvalue weighted by Crippen LogP contribution is 2.23. The van der Waals surface area contributed by atoms with Crippen LogP contribution in [0.4, 0.5) is 10.5 Å². The molecule has 7 nitrogen and oxygen atoms in total. The number of nitrogens with one attached hydrogen (secondary N) is 2. The number of urea groups is 1. The van der Waals surface area contributed by atoms with Crippen LogP contribution in [0.15, 0.2) is 22.7 Å². The van der Waals surface area contributed by atoms with Crippen molar-refractivity contribution in [2.24, 2.45) is 0 Å². The molecule has 2 amide bonds. The largest absolute Gasteiger partial charge is 0.481 e. The van der Waals surface area contributed by atoms with Crippen LogP contribution in [0.25, 0.3) is 0 Å². The monoisotopic (exact) mass is 355 g/mol. The summed E-state index contributed by atoms with van der Waals surface area (Å²) in [7, 11) is 1.38. The number of amides is 2. The molecule has 0 heterocycles. The molecule has 1 unspecified atom stereocenters. The van der Waals surface area contributed by atoms with Crippen molar-refractivity contribution in [1.82, 2.24) is 5.32 Å². The van der Waals surface area contributed by atoms with Crippen LogP contribution in [0.5, 0.6) is 0 Å². The number of hydrogen-bond acceptors (Lipinski definition) is 4. The molecule has 1 aromatic carbocycles. The molecule has 0 aliphatic carbocycles. The first kappa shape index (κ1) is 16.9. The number of carbonyl (C=O) groups excluding carboxylic acids is 1. The Morgan fingerprint density at radius 2 is 2.24 bits per heavy atom. The van der Waals surface area contributed by atoms with Crippen molar-refractivity contribution in [3.8, 4) is 6.07 Å². The van der Waals surface area contributed by atoms with Crippen LogP contribution in [-0.4, -0.2) is 36.9 Å². The molecule has 0 radical (unpaired) electrons. The zero-order valence-electron chi connectivity index (χ0n) is 11.2. The molecule has 112 valence electrons. The molecule has 0 saturated carbocycles. The van der Waals surface area contributed by atoms with Gasteiger partial charge >= 0.3 is 12.0 Å². The van der Waals surface area contributed by atoms with Gasteiger partial charge in [0.1, 0.15) is 0 Å². The third-order valence-corrected chi connectivity index (χ3v) is 3.23. The summed E-state index contributed by atoms with van der Waals surface area (Å²) in [5, 5.41) is 22.5. The van der Waals surface area contributed by atoms with Crippen molar-refractivity contribution in [3.05, 3.63) is 28.2 Å². The van der Waals surface area contributed by atoms with Crippen LogP contribution in [0.1, 0.15) is 12.0 Å². The number of nitriles is 1. The van der Waals surface area contributed by atoms with Crippen LogP contribution in [0.3, 0.4) is 0 Å². The van der Waals surface area contributed by atoms with Gasteiger partial charge in [-0.1, -0.05) is 0 Å². The Labute approximate surface area is 130 Å². The minimum absolute atomic E-state index is 0.0720. The minimum Gasteiger partial charge on any atom is -0.481 e. The number of benzene rings is 1. The number of aliphatic carboxylic acids is 1. The number of hydrogen-bond donors (Lipinski definition) is 3. The van der Waals surface area contributed by atoms with E-state index in [1.54, 1.807) is 18.2 Å². The molecule has 8 heteroatoms. The van der Waals surface area contributed by atoms with E-state index < -0.39 is 18.1 Å². The van der Waals surface area contributed by atoms with E-state index >= 15 is 0 Å². The van der Waals surface area contributed by atoms with Gasteiger partial charge in [0.25, 0.3) is 0 Å². The van der Waals surface area contributed by atoms with Gasteiger partial charge in [0.15, 0.2) is 0 Å². The second kappa shape index (κ2) is 8.24. The Morgan fingerprint density at radius 3 is 2.76 bits per heavy atom. The Hall–Kier alpha value is -2.11. The van der Waals surface area contributed by atoms with E-state index in [1.807, 2.05) is 6.07 Å². The van der Waals surface area contributed by atoms with E-state index in [2.05, 4.69) is 26.6 Å². The molecule has 21 heavy (non-hydrogen) atoms. The molecule has 1 atom stereocenters. The second-order valence-corrected chi connectivity index (χ2v) is 4.95. The molecule has 3 N–H and O–H groups in total. The SMILES string of the molecule is COC(CNC(=O)Nc1ccc(C#N)cc1Br)CC(=O)O. The predicted molar refractivity (Wildman–Crippen MR) is 78.9 cm³/mol. The number of carboxylic acids is 1. The fourth-order valence-electron chi connectivity index (χ4n) is 1.49. The average molecular weight is 356 g/mol. The van der Waals surface area contributed by atoms with Crippen molar-refractivity contribution in [3.63, 3.8) is 0 Å². The van der Waals surface area contributed by atoms with Crippen molar-refractivity contribution >= 4 is 33.6 Å². The lowest BCUT2D eigenvalue weighted by molar-refractivity contribution is -0.139. The molecule has 0 aromatic heterocycles. The maximum Gasteiger partial charge on any atom is 0.319 e. The Balaban J connectivity index is 2.54. The van der Waals surface area contributed by atoms with Crippen LogP contribution in [-0.2, 0) is 9.53 Å². The fraction of sp³-hybridized carbons (Fsp3) is 0.308. The number of rotatable bonds is 6. The third-order valence-electron chi connectivity index (χ3n) is 2.57. The lowest BCUT2D eigenvalue weighted by Crippen LogP contribution is -2.37. The molecule has 0 saturated heterocycles. The normalized spacial score (nSPS) is 11.3. The van der Waals surface area contributed by atoms with Crippen molar-refractivity contribution in [2.75, 3.05) is 19.0 Å². The first-order valence-electron chi connectivity index (χ1n) is 5.95. The van der Waals surface area contributed by atoms with E-state index in [4.69, 9.17) is 15.1 Å². The van der Waals surface area contributed by atoms with Gasteiger partial charge in [0, 0.05) is 18.1 Å². The minimum atomic E-state index is -1.00. The molecular formula is C13H14BrN3O4. The highest BCUT2D eigenvalue weighted by Gasteiger charge is 2.14. The zero-order valence-corrected chi connectivity index (χ0v) is 12.8. The summed E-state index contributed by atoms with van der Waals surface area (Å²) < 4.78 is 5.52. The Morgan fingerprint density at radius 1 is 1.52 bits per heavy atom. The van der Waals surface area contributed by atoms with Gasteiger partial charge in [-0.2, -0.15) is 5.26 Å². The zero-order chi connectivity index (χ0) is 15.8.